The van der Waals surface area contributed by atoms with Crippen LogP contribution in [0, 0.1) is 0 Å². The molecule has 0 unspecified atom stereocenters. The molecule has 1 aliphatic heterocycles. The lowest BCUT2D eigenvalue weighted by atomic mass is 10.2. The van der Waals surface area contributed by atoms with E-state index in [4.69, 9.17) is 25.7 Å². The van der Waals surface area contributed by atoms with Gasteiger partial charge in [0.25, 0.3) is 5.91 Å². The predicted octanol–water partition coefficient (Wildman–Crippen LogP) is -0.460. The first kappa shape index (κ1) is 17.5. The van der Waals surface area contributed by atoms with Gasteiger partial charge in [-0.3, -0.25) is 4.79 Å². The number of hydrogen-bond donors (Lipinski definition) is 2. The average molecular weight is 335 g/mol. The third kappa shape index (κ3) is 5.13. The second kappa shape index (κ2) is 8.73. The third-order valence-corrected chi connectivity index (χ3v) is 3.28. The van der Waals surface area contributed by atoms with Crippen LogP contribution in [-0.4, -0.2) is 63.0 Å². The molecule has 1 heterocycles. The third-order valence-electron chi connectivity index (χ3n) is 3.28. The summed E-state index contributed by atoms with van der Waals surface area (Å²) in [4.78, 5) is 13.8. The van der Waals surface area contributed by atoms with Gasteiger partial charge < -0.3 is 30.6 Å². The summed E-state index contributed by atoms with van der Waals surface area (Å²) in [6, 6.07) is 5.16. The lowest BCUT2D eigenvalue weighted by Gasteiger charge is -2.26. The minimum Gasteiger partial charge on any atom is -0.493 e. The summed E-state index contributed by atoms with van der Waals surface area (Å²) in [6.07, 6.45) is 1.48. The Hall–Kier alpha value is -2.81. The van der Waals surface area contributed by atoms with E-state index in [2.05, 4.69) is 10.2 Å². The van der Waals surface area contributed by atoms with Crippen molar-refractivity contribution in [2.24, 2.45) is 21.7 Å². The first-order chi connectivity index (χ1) is 11.6. The van der Waals surface area contributed by atoms with Crippen molar-refractivity contribution in [1.29, 1.82) is 0 Å². The van der Waals surface area contributed by atoms with Crippen molar-refractivity contribution in [3.8, 4) is 11.5 Å². The van der Waals surface area contributed by atoms with Gasteiger partial charge in [-0.15, -0.1) is 5.10 Å². The molecular weight excluding hydrogens is 314 g/mol. The summed E-state index contributed by atoms with van der Waals surface area (Å²) >= 11 is 0. The number of methoxy groups -OCH3 is 1. The van der Waals surface area contributed by atoms with Crippen LogP contribution in [0.1, 0.15) is 5.56 Å². The molecule has 0 atom stereocenters. The van der Waals surface area contributed by atoms with Gasteiger partial charge >= 0.3 is 0 Å². The maximum Gasteiger partial charge on any atom is 0.260 e. The Balaban J connectivity index is 1.98. The van der Waals surface area contributed by atoms with Gasteiger partial charge in [-0.05, 0) is 23.8 Å². The molecule has 0 radical (unpaired) electrons. The number of nitrogens with two attached hydrogens (primary N) is 2. The molecule has 4 N–H and O–H groups in total. The summed E-state index contributed by atoms with van der Waals surface area (Å²) in [5.74, 6) is 0.745. The Morgan fingerprint density at radius 1 is 1.33 bits per heavy atom. The Morgan fingerprint density at radius 2 is 2.08 bits per heavy atom. The molecule has 0 bridgehead atoms. The minimum absolute atomic E-state index is 0.0577. The van der Waals surface area contributed by atoms with E-state index in [0.29, 0.717) is 37.8 Å². The highest BCUT2D eigenvalue weighted by Gasteiger charge is 2.17. The zero-order chi connectivity index (χ0) is 17.4. The van der Waals surface area contributed by atoms with Crippen molar-refractivity contribution in [1.82, 2.24) is 4.90 Å². The largest absolute Gasteiger partial charge is 0.493 e. The molecule has 0 aromatic heterocycles. The van der Waals surface area contributed by atoms with Crippen LogP contribution in [0.2, 0.25) is 0 Å². The number of guanidine groups is 1. The van der Waals surface area contributed by atoms with Crippen LogP contribution >= 0.6 is 0 Å². The molecule has 9 nitrogen and oxygen atoms in total. The van der Waals surface area contributed by atoms with E-state index < -0.39 is 0 Å². The van der Waals surface area contributed by atoms with Crippen LogP contribution in [0.4, 0.5) is 0 Å². The SMILES string of the molecule is COc1cc(C=NN=C(N)N)ccc1OCC(=O)N1CCOCC1. The standard InChI is InChI=1S/C15H21N5O4/c1-22-13-8-11(9-18-19-15(16)17)2-3-12(13)24-10-14(21)20-4-6-23-7-5-20/h2-3,8-9H,4-7,10H2,1H3,(H4,16,17,19). The quantitative estimate of drug-likeness (QED) is 0.412. The predicted molar refractivity (Wildman–Crippen MR) is 89.3 cm³/mol. The number of amides is 1. The van der Waals surface area contributed by atoms with Gasteiger partial charge in [-0.2, -0.15) is 5.10 Å². The molecule has 1 aromatic rings. The fraction of sp³-hybridized carbons (Fsp3) is 0.400. The Kier molecular flexibility index (Phi) is 6.38. The van der Waals surface area contributed by atoms with Crippen LogP contribution in [-0.2, 0) is 9.53 Å². The van der Waals surface area contributed by atoms with Gasteiger partial charge in [0.1, 0.15) is 0 Å². The number of carbonyl (C=O) groups is 1. The van der Waals surface area contributed by atoms with Crippen molar-refractivity contribution in [2.75, 3.05) is 40.0 Å². The molecule has 0 saturated carbocycles. The molecular formula is C15H21N5O4. The zero-order valence-corrected chi connectivity index (χ0v) is 13.5. The summed E-state index contributed by atoms with van der Waals surface area (Å²) in [5, 5.41) is 7.24. The minimum atomic E-state index is -0.125. The molecule has 1 aliphatic rings. The molecule has 24 heavy (non-hydrogen) atoms. The highest BCUT2D eigenvalue weighted by molar-refractivity contribution is 5.82. The van der Waals surface area contributed by atoms with Crippen molar-refractivity contribution in [2.45, 2.75) is 0 Å². The van der Waals surface area contributed by atoms with Gasteiger partial charge in [0.15, 0.2) is 18.1 Å². The second-order valence-electron chi connectivity index (χ2n) is 4.96. The van der Waals surface area contributed by atoms with Crippen LogP contribution in [0.5, 0.6) is 11.5 Å². The molecule has 1 saturated heterocycles. The van der Waals surface area contributed by atoms with Crippen molar-refractivity contribution >= 4 is 18.1 Å². The van der Waals surface area contributed by atoms with E-state index in [1.54, 1.807) is 23.1 Å². The van der Waals surface area contributed by atoms with Gasteiger partial charge in [-0.1, -0.05) is 0 Å². The van der Waals surface area contributed by atoms with Crippen LogP contribution in [0.3, 0.4) is 0 Å². The average Bonchev–Trinajstić information content (AvgIpc) is 2.60. The van der Waals surface area contributed by atoms with E-state index in [-0.39, 0.29) is 18.5 Å². The monoisotopic (exact) mass is 335 g/mol. The fourth-order valence-electron chi connectivity index (χ4n) is 2.09. The molecule has 1 fully saturated rings. The van der Waals surface area contributed by atoms with E-state index in [9.17, 15) is 4.79 Å². The summed E-state index contributed by atoms with van der Waals surface area (Å²) in [7, 11) is 1.52. The molecule has 9 heteroatoms. The first-order valence-electron chi connectivity index (χ1n) is 7.38. The number of ether oxygens (including phenoxy) is 3. The Bertz CT molecular complexity index is 622. The van der Waals surface area contributed by atoms with Crippen molar-refractivity contribution < 1.29 is 19.0 Å². The van der Waals surface area contributed by atoms with E-state index in [1.165, 1.54) is 13.3 Å². The summed E-state index contributed by atoms with van der Waals surface area (Å²) in [5.41, 5.74) is 11.1. The number of morpholine rings is 1. The Labute approximate surface area is 139 Å². The normalized spacial score (nSPS) is 14.5. The van der Waals surface area contributed by atoms with E-state index in [1.807, 2.05) is 0 Å². The van der Waals surface area contributed by atoms with Gasteiger partial charge in [-0.25, -0.2) is 0 Å². The molecule has 0 aliphatic carbocycles. The van der Waals surface area contributed by atoms with Crippen molar-refractivity contribution in [3.05, 3.63) is 23.8 Å². The van der Waals surface area contributed by atoms with Gasteiger partial charge in [0.2, 0.25) is 5.96 Å². The van der Waals surface area contributed by atoms with Crippen LogP contribution in [0.25, 0.3) is 0 Å². The lowest BCUT2D eigenvalue weighted by molar-refractivity contribution is -0.137. The van der Waals surface area contributed by atoms with Gasteiger partial charge in [0.05, 0.1) is 26.5 Å². The van der Waals surface area contributed by atoms with E-state index >= 15 is 0 Å². The smallest absolute Gasteiger partial charge is 0.260 e. The molecule has 1 aromatic carbocycles. The molecule has 1 amide bonds. The topological polar surface area (TPSA) is 125 Å². The first-order valence-corrected chi connectivity index (χ1v) is 7.38. The second-order valence-corrected chi connectivity index (χ2v) is 4.96. The number of nitrogens with zero attached hydrogens (tertiary/aromatic N) is 3. The summed E-state index contributed by atoms with van der Waals surface area (Å²) < 4.78 is 16.1. The molecule has 2 rings (SSSR count). The van der Waals surface area contributed by atoms with Gasteiger partial charge in [0, 0.05) is 13.1 Å². The maximum atomic E-state index is 12.1. The number of carbonyl (C=O) groups excluding carboxylic acids is 1. The maximum absolute atomic E-state index is 12.1. The highest BCUT2D eigenvalue weighted by atomic mass is 16.5. The molecule has 130 valence electrons. The van der Waals surface area contributed by atoms with Crippen LogP contribution in [0.15, 0.2) is 28.4 Å². The summed E-state index contributed by atoms with van der Waals surface area (Å²) in [6.45, 7) is 2.22. The number of rotatable bonds is 6. The molecule has 0 spiro atoms. The lowest BCUT2D eigenvalue weighted by Crippen LogP contribution is -2.43. The highest BCUT2D eigenvalue weighted by Crippen LogP contribution is 2.27. The van der Waals surface area contributed by atoms with E-state index in [0.717, 1.165) is 5.56 Å². The number of hydrogen-bond acceptors (Lipinski definition) is 6. The Morgan fingerprint density at radius 3 is 2.75 bits per heavy atom. The number of benzene rings is 1. The van der Waals surface area contributed by atoms with Crippen LogP contribution < -0.4 is 20.9 Å². The fourth-order valence-corrected chi connectivity index (χ4v) is 2.09. The van der Waals surface area contributed by atoms with Crippen molar-refractivity contribution in [3.63, 3.8) is 0 Å². The zero-order valence-electron chi connectivity index (χ0n) is 13.5.